The van der Waals surface area contributed by atoms with Crippen molar-refractivity contribution in [2.24, 2.45) is 5.73 Å². The van der Waals surface area contributed by atoms with Crippen LogP contribution >= 0.6 is 0 Å². The molecule has 0 saturated heterocycles. The van der Waals surface area contributed by atoms with Crippen LogP contribution in [0.25, 0.3) is 0 Å². The lowest BCUT2D eigenvalue weighted by atomic mass is 9.98. The predicted octanol–water partition coefficient (Wildman–Crippen LogP) is 3.41. The van der Waals surface area contributed by atoms with Crippen LogP contribution in [0.1, 0.15) is 49.2 Å². The van der Waals surface area contributed by atoms with Crippen LogP contribution < -0.4 is 5.73 Å². The summed E-state index contributed by atoms with van der Waals surface area (Å²) in [6.45, 7) is 6.45. The first-order chi connectivity index (χ1) is 9.11. The minimum absolute atomic E-state index is 0.0153. The second-order valence-electron chi connectivity index (χ2n) is 5.21. The smallest absolute Gasteiger partial charge is 0.0643 e. The average molecular weight is 257 g/mol. The standard InChI is InChI=1S/C16H23N3/c1-4-13(3)19-10-9-14(18-19)11-16(17)15-8-6-5-7-12(15)2/h5-10,13,16H,4,11,17H2,1-3H3. The molecule has 102 valence electrons. The molecule has 0 radical (unpaired) electrons. The molecule has 2 N–H and O–H groups in total. The highest BCUT2D eigenvalue weighted by atomic mass is 15.3. The molecule has 0 amide bonds. The maximum atomic E-state index is 6.30. The summed E-state index contributed by atoms with van der Waals surface area (Å²) in [6.07, 6.45) is 3.92. The summed E-state index contributed by atoms with van der Waals surface area (Å²) < 4.78 is 2.03. The minimum atomic E-state index is 0.0153. The fourth-order valence-electron chi connectivity index (χ4n) is 2.26. The van der Waals surface area contributed by atoms with E-state index in [4.69, 9.17) is 5.73 Å². The van der Waals surface area contributed by atoms with E-state index in [9.17, 15) is 0 Å². The van der Waals surface area contributed by atoms with Gasteiger partial charge in [0.2, 0.25) is 0 Å². The number of nitrogens with two attached hydrogens (primary N) is 1. The Morgan fingerprint density at radius 2 is 2.00 bits per heavy atom. The number of aryl methyl sites for hydroxylation is 1. The number of hydrogen-bond donors (Lipinski definition) is 1. The molecule has 0 aliphatic carbocycles. The van der Waals surface area contributed by atoms with Crippen molar-refractivity contribution in [3.63, 3.8) is 0 Å². The highest BCUT2D eigenvalue weighted by Gasteiger charge is 2.12. The Kier molecular flexibility index (Phi) is 4.38. The topological polar surface area (TPSA) is 43.8 Å². The normalized spacial score (nSPS) is 14.3. The van der Waals surface area contributed by atoms with E-state index in [0.29, 0.717) is 6.04 Å². The van der Waals surface area contributed by atoms with Crippen LogP contribution in [0.3, 0.4) is 0 Å². The van der Waals surface area contributed by atoms with Crippen LogP contribution in [0, 0.1) is 6.92 Å². The monoisotopic (exact) mass is 257 g/mol. The van der Waals surface area contributed by atoms with E-state index in [2.05, 4.69) is 44.1 Å². The zero-order chi connectivity index (χ0) is 13.8. The van der Waals surface area contributed by atoms with Gasteiger partial charge in [-0.15, -0.1) is 0 Å². The first kappa shape index (κ1) is 13.8. The molecule has 2 unspecified atom stereocenters. The van der Waals surface area contributed by atoms with Gasteiger partial charge in [-0.2, -0.15) is 5.10 Å². The van der Waals surface area contributed by atoms with Crippen LogP contribution in [0.5, 0.6) is 0 Å². The molecule has 0 aliphatic rings. The molecule has 1 aromatic carbocycles. The van der Waals surface area contributed by atoms with Gasteiger partial charge in [0.25, 0.3) is 0 Å². The third-order valence-electron chi connectivity index (χ3n) is 3.72. The van der Waals surface area contributed by atoms with Gasteiger partial charge < -0.3 is 5.73 Å². The molecule has 2 atom stereocenters. The number of aromatic nitrogens is 2. The maximum absolute atomic E-state index is 6.30. The summed E-state index contributed by atoms with van der Waals surface area (Å²) in [5.74, 6) is 0. The van der Waals surface area contributed by atoms with Crippen molar-refractivity contribution >= 4 is 0 Å². The van der Waals surface area contributed by atoms with Gasteiger partial charge in [-0.1, -0.05) is 31.2 Å². The van der Waals surface area contributed by atoms with Gasteiger partial charge in [-0.25, -0.2) is 0 Å². The zero-order valence-corrected chi connectivity index (χ0v) is 12.0. The lowest BCUT2D eigenvalue weighted by Gasteiger charge is -2.13. The molecular formula is C16H23N3. The van der Waals surface area contributed by atoms with Crippen molar-refractivity contribution in [3.05, 3.63) is 53.3 Å². The Morgan fingerprint density at radius 1 is 1.26 bits per heavy atom. The Bertz CT molecular complexity index is 530. The molecule has 3 heteroatoms. The van der Waals surface area contributed by atoms with Crippen molar-refractivity contribution in [3.8, 4) is 0 Å². The van der Waals surface area contributed by atoms with E-state index in [1.54, 1.807) is 0 Å². The fraction of sp³-hybridized carbons (Fsp3) is 0.438. The molecule has 0 bridgehead atoms. The zero-order valence-electron chi connectivity index (χ0n) is 12.0. The second-order valence-corrected chi connectivity index (χ2v) is 5.21. The number of benzene rings is 1. The average Bonchev–Trinajstić information content (AvgIpc) is 2.86. The molecule has 2 rings (SSSR count). The van der Waals surface area contributed by atoms with E-state index in [1.807, 2.05) is 23.0 Å². The quantitative estimate of drug-likeness (QED) is 0.892. The molecule has 1 heterocycles. The molecule has 0 fully saturated rings. The van der Waals surface area contributed by atoms with Gasteiger partial charge in [0.15, 0.2) is 0 Å². The number of nitrogens with zero attached hydrogens (tertiary/aromatic N) is 2. The third kappa shape index (κ3) is 3.24. The Labute approximate surface area is 115 Å². The summed E-state index contributed by atoms with van der Waals surface area (Å²) in [6, 6.07) is 10.8. The Hall–Kier alpha value is -1.61. The van der Waals surface area contributed by atoms with Gasteiger partial charge in [0.1, 0.15) is 0 Å². The van der Waals surface area contributed by atoms with Crippen molar-refractivity contribution in [1.29, 1.82) is 0 Å². The number of hydrogen-bond acceptors (Lipinski definition) is 2. The highest BCUT2D eigenvalue weighted by molar-refractivity contribution is 5.29. The van der Waals surface area contributed by atoms with Crippen molar-refractivity contribution in [2.45, 2.75) is 45.7 Å². The lowest BCUT2D eigenvalue weighted by Crippen LogP contribution is -2.15. The van der Waals surface area contributed by atoms with E-state index in [0.717, 1.165) is 18.5 Å². The molecule has 0 spiro atoms. The lowest BCUT2D eigenvalue weighted by molar-refractivity contribution is 0.472. The van der Waals surface area contributed by atoms with Gasteiger partial charge in [0, 0.05) is 24.7 Å². The molecule has 2 aromatic rings. The molecular weight excluding hydrogens is 234 g/mol. The second kappa shape index (κ2) is 6.02. The van der Waals surface area contributed by atoms with Crippen LogP contribution in [0.15, 0.2) is 36.5 Å². The van der Waals surface area contributed by atoms with Crippen molar-refractivity contribution in [2.75, 3.05) is 0 Å². The molecule has 3 nitrogen and oxygen atoms in total. The van der Waals surface area contributed by atoms with Crippen molar-refractivity contribution in [1.82, 2.24) is 9.78 Å². The SMILES string of the molecule is CCC(C)n1ccc(CC(N)c2ccccc2C)n1. The van der Waals surface area contributed by atoms with Crippen LogP contribution in [-0.2, 0) is 6.42 Å². The van der Waals surface area contributed by atoms with Gasteiger partial charge in [-0.05, 0) is 37.5 Å². The van der Waals surface area contributed by atoms with Crippen LogP contribution in [-0.4, -0.2) is 9.78 Å². The minimum Gasteiger partial charge on any atom is -0.324 e. The van der Waals surface area contributed by atoms with Gasteiger partial charge in [0.05, 0.1) is 5.69 Å². The van der Waals surface area contributed by atoms with Gasteiger partial charge >= 0.3 is 0 Å². The number of rotatable bonds is 5. The molecule has 19 heavy (non-hydrogen) atoms. The third-order valence-corrected chi connectivity index (χ3v) is 3.72. The first-order valence-electron chi connectivity index (χ1n) is 6.97. The molecule has 0 saturated carbocycles. The summed E-state index contributed by atoms with van der Waals surface area (Å²) in [5.41, 5.74) is 9.82. The van der Waals surface area contributed by atoms with E-state index in [-0.39, 0.29) is 6.04 Å². The predicted molar refractivity (Wildman–Crippen MR) is 79.0 cm³/mol. The van der Waals surface area contributed by atoms with Gasteiger partial charge in [-0.3, -0.25) is 4.68 Å². The van der Waals surface area contributed by atoms with E-state index >= 15 is 0 Å². The highest BCUT2D eigenvalue weighted by Crippen LogP contribution is 2.19. The first-order valence-corrected chi connectivity index (χ1v) is 6.97. The Balaban J connectivity index is 2.09. The van der Waals surface area contributed by atoms with E-state index < -0.39 is 0 Å². The summed E-state index contributed by atoms with van der Waals surface area (Å²) in [5, 5.41) is 4.61. The summed E-state index contributed by atoms with van der Waals surface area (Å²) >= 11 is 0. The molecule has 0 aliphatic heterocycles. The van der Waals surface area contributed by atoms with Crippen LogP contribution in [0.4, 0.5) is 0 Å². The van der Waals surface area contributed by atoms with Crippen LogP contribution in [0.2, 0.25) is 0 Å². The van der Waals surface area contributed by atoms with E-state index in [1.165, 1.54) is 11.1 Å². The molecule has 1 aromatic heterocycles. The van der Waals surface area contributed by atoms with Crippen molar-refractivity contribution < 1.29 is 0 Å². The largest absolute Gasteiger partial charge is 0.324 e. The fourth-order valence-corrected chi connectivity index (χ4v) is 2.26. The summed E-state index contributed by atoms with van der Waals surface area (Å²) in [4.78, 5) is 0. The Morgan fingerprint density at radius 3 is 2.68 bits per heavy atom. The maximum Gasteiger partial charge on any atom is 0.0643 e. The summed E-state index contributed by atoms with van der Waals surface area (Å²) in [7, 11) is 0.